The van der Waals surface area contributed by atoms with Crippen LogP contribution in [0.1, 0.15) is 12.1 Å². The Hall–Kier alpha value is -0.890. The second-order valence-electron chi connectivity index (χ2n) is 5.21. The van der Waals surface area contributed by atoms with Crippen molar-refractivity contribution >= 4 is 10.0 Å². The van der Waals surface area contributed by atoms with Gasteiger partial charge in [-0.3, -0.25) is 0 Å². The number of nitrogens with one attached hydrogen (secondary N) is 1. The Morgan fingerprint density at radius 1 is 1.47 bits per heavy atom. The highest BCUT2D eigenvalue weighted by Gasteiger charge is 2.23. The van der Waals surface area contributed by atoms with Crippen molar-refractivity contribution in [1.29, 1.82) is 0 Å². The van der Waals surface area contributed by atoms with Crippen LogP contribution in [-0.4, -0.2) is 49.7 Å². The predicted molar refractivity (Wildman–Crippen MR) is 72.1 cm³/mol. The van der Waals surface area contributed by atoms with Gasteiger partial charge in [0.1, 0.15) is 0 Å². The van der Waals surface area contributed by atoms with E-state index in [9.17, 15) is 8.42 Å². The van der Waals surface area contributed by atoms with Gasteiger partial charge in [-0.05, 0) is 32.0 Å². The van der Waals surface area contributed by atoms with E-state index in [0.29, 0.717) is 18.2 Å². The number of rotatable bonds is 5. The van der Waals surface area contributed by atoms with Gasteiger partial charge in [-0.15, -0.1) is 0 Å². The summed E-state index contributed by atoms with van der Waals surface area (Å²) in [4.78, 5) is 2.41. The number of likely N-dealkylation sites (tertiary alicyclic amines) is 1. The number of hydrogen-bond donors (Lipinski definition) is 2. The fourth-order valence-electron chi connectivity index (χ4n) is 2.39. The minimum atomic E-state index is -3.48. The van der Waals surface area contributed by atoms with E-state index >= 15 is 0 Å². The molecule has 108 valence electrons. The van der Waals surface area contributed by atoms with Gasteiger partial charge in [-0.1, -0.05) is 0 Å². The second kappa shape index (κ2) is 5.62. The van der Waals surface area contributed by atoms with Crippen LogP contribution < -0.4 is 4.72 Å². The number of sulfonamides is 1. The van der Waals surface area contributed by atoms with E-state index in [1.807, 2.05) is 7.05 Å². The molecule has 0 radical (unpaired) electrons. The molecule has 0 bridgehead atoms. The lowest BCUT2D eigenvalue weighted by molar-refractivity contribution is 0.272. The van der Waals surface area contributed by atoms with Crippen molar-refractivity contribution < 1.29 is 13.5 Å². The highest BCUT2D eigenvalue weighted by molar-refractivity contribution is 7.89. The molecule has 1 aromatic rings. The second-order valence-corrected chi connectivity index (χ2v) is 6.97. The summed E-state index contributed by atoms with van der Waals surface area (Å²) < 4.78 is 28.5. The van der Waals surface area contributed by atoms with E-state index in [2.05, 4.69) is 9.62 Å². The number of aromatic nitrogens is 1. The van der Waals surface area contributed by atoms with Crippen molar-refractivity contribution in [3.63, 3.8) is 0 Å². The van der Waals surface area contributed by atoms with Crippen LogP contribution in [0.5, 0.6) is 0 Å². The molecule has 2 heterocycles. The molecule has 1 saturated heterocycles. The number of hydrogen-bond acceptors (Lipinski definition) is 4. The fraction of sp³-hybridized carbons (Fsp3) is 0.667. The molecule has 7 heteroatoms. The number of aryl methyl sites for hydroxylation is 1. The Bertz CT molecular complexity index is 538. The van der Waals surface area contributed by atoms with Gasteiger partial charge in [0.2, 0.25) is 10.0 Å². The van der Waals surface area contributed by atoms with Crippen LogP contribution >= 0.6 is 0 Å². The number of aliphatic hydroxyl groups excluding tert-OH is 1. The smallest absolute Gasteiger partial charge is 0.242 e. The summed E-state index contributed by atoms with van der Waals surface area (Å²) in [6, 6.07) is 1.50. The minimum Gasteiger partial charge on any atom is -0.390 e. The molecule has 2 rings (SSSR count). The van der Waals surface area contributed by atoms with Crippen LogP contribution in [0.2, 0.25) is 0 Å². The summed E-state index contributed by atoms with van der Waals surface area (Å²) in [7, 11) is 0.282. The van der Waals surface area contributed by atoms with Crippen LogP contribution in [0.25, 0.3) is 0 Å². The van der Waals surface area contributed by atoms with E-state index < -0.39 is 10.0 Å². The van der Waals surface area contributed by atoms with E-state index in [-0.39, 0.29) is 11.5 Å². The molecule has 0 saturated carbocycles. The van der Waals surface area contributed by atoms with Gasteiger partial charge in [-0.2, -0.15) is 0 Å². The van der Waals surface area contributed by atoms with Crippen molar-refractivity contribution in [1.82, 2.24) is 14.2 Å². The first-order valence-corrected chi connectivity index (χ1v) is 7.85. The third kappa shape index (κ3) is 3.36. The number of aliphatic hydroxyl groups is 1. The highest BCUT2D eigenvalue weighted by atomic mass is 32.2. The Morgan fingerprint density at radius 2 is 2.21 bits per heavy atom. The van der Waals surface area contributed by atoms with Crippen LogP contribution in [0.3, 0.4) is 0 Å². The van der Waals surface area contributed by atoms with Crippen molar-refractivity contribution in [3.05, 3.63) is 18.0 Å². The van der Waals surface area contributed by atoms with Gasteiger partial charge in [0.15, 0.2) is 0 Å². The fourth-order valence-corrected chi connectivity index (χ4v) is 3.59. The first kappa shape index (κ1) is 14.5. The monoisotopic (exact) mass is 287 g/mol. The molecular formula is C12H21N3O3S. The molecule has 1 fully saturated rings. The van der Waals surface area contributed by atoms with Gasteiger partial charge in [0.25, 0.3) is 0 Å². The molecule has 19 heavy (non-hydrogen) atoms. The topological polar surface area (TPSA) is 74.6 Å². The molecule has 1 aliphatic heterocycles. The maximum atomic E-state index is 12.1. The molecule has 1 aromatic heterocycles. The molecule has 0 aliphatic carbocycles. The molecule has 1 atom stereocenters. The van der Waals surface area contributed by atoms with E-state index in [4.69, 9.17) is 5.11 Å². The summed E-state index contributed by atoms with van der Waals surface area (Å²) in [5, 5.41) is 9.09. The lowest BCUT2D eigenvalue weighted by Gasteiger charge is -2.11. The Morgan fingerprint density at radius 3 is 2.74 bits per heavy atom. The zero-order valence-corrected chi connectivity index (χ0v) is 12.2. The SMILES string of the molecule is CN1CCC(CNS(=O)(=O)c2cc(CO)n(C)c2)C1. The Labute approximate surface area is 114 Å². The zero-order valence-electron chi connectivity index (χ0n) is 11.3. The summed E-state index contributed by atoms with van der Waals surface area (Å²) in [6.07, 6.45) is 2.55. The van der Waals surface area contributed by atoms with Crippen molar-refractivity contribution in [2.75, 3.05) is 26.7 Å². The minimum absolute atomic E-state index is 0.167. The van der Waals surface area contributed by atoms with Crippen molar-refractivity contribution in [3.8, 4) is 0 Å². The molecule has 1 aliphatic rings. The van der Waals surface area contributed by atoms with Crippen molar-refractivity contribution in [2.45, 2.75) is 17.9 Å². The molecule has 0 amide bonds. The van der Waals surface area contributed by atoms with Gasteiger partial charge in [-0.25, -0.2) is 13.1 Å². The molecule has 1 unspecified atom stereocenters. The maximum Gasteiger partial charge on any atom is 0.242 e. The lowest BCUT2D eigenvalue weighted by Crippen LogP contribution is -2.30. The van der Waals surface area contributed by atoms with Gasteiger partial charge in [0, 0.05) is 32.0 Å². The van der Waals surface area contributed by atoms with Gasteiger partial charge in [0.05, 0.1) is 11.5 Å². The number of nitrogens with zero attached hydrogens (tertiary/aromatic N) is 2. The molecular weight excluding hydrogens is 266 g/mol. The third-order valence-corrected chi connectivity index (χ3v) is 5.00. The summed E-state index contributed by atoms with van der Waals surface area (Å²) >= 11 is 0. The average Bonchev–Trinajstić information content (AvgIpc) is 2.93. The average molecular weight is 287 g/mol. The van der Waals surface area contributed by atoms with E-state index in [1.54, 1.807) is 11.6 Å². The molecule has 2 N–H and O–H groups in total. The van der Waals surface area contributed by atoms with Crippen LogP contribution in [0, 0.1) is 5.92 Å². The van der Waals surface area contributed by atoms with Crippen molar-refractivity contribution in [2.24, 2.45) is 13.0 Å². The van der Waals surface area contributed by atoms with Crippen LogP contribution in [0.15, 0.2) is 17.2 Å². The first-order valence-electron chi connectivity index (χ1n) is 6.36. The quantitative estimate of drug-likeness (QED) is 0.783. The van der Waals surface area contributed by atoms with E-state index in [1.165, 1.54) is 12.3 Å². The standard InChI is InChI=1S/C12H21N3O3S/c1-14-4-3-10(7-14)6-13-19(17,18)12-5-11(9-16)15(2)8-12/h5,8,10,13,16H,3-4,6-7,9H2,1-2H3. The normalized spacial score (nSPS) is 21.1. The highest BCUT2D eigenvalue weighted by Crippen LogP contribution is 2.16. The zero-order chi connectivity index (χ0) is 14.0. The summed E-state index contributed by atoms with van der Waals surface area (Å²) in [5.41, 5.74) is 0.584. The van der Waals surface area contributed by atoms with Gasteiger partial charge < -0.3 is 14.6 Å². The molecule has 0 aromatic carbocycles. The van der Waals surface area contributed by atoms with Crippen LogP contribution in [0.4, 0.5) is 0 Å². The first-order chi connectivity index (χ1) is 8.92. The largest absolute Gasteiger partial charge is 0.390 e. The predicted octanol–water partition coefficient (Wildman–Crippen LogP) is -0.253. The summed E-state index contributed by atoms with van der Waals surface area (Å²) in [5.74, 6) is 0.376. The maximum absolute atomic E-state index is 12.1. The van der Waals surface area contributed by atoms with Crippen LogP contribution in [-0.2, 0) is 23.7 Å². The van der Waals surface area contributed by atoms with E-state index in [0.717, 1.165) is 19.5 Å². The Balaban J connectivity index is 2.01. The molecule has 0 spiro atoms. The van der Waals surface area contributed by atoms with Gasteiger partial charge >= 0.3 is 0 Å². The summed E-state index contributed by atoms with van der Waals surface area (Å²) in [6.45, 7) is 2.25. The lowest BCUT2D eigenvalue weighted by atomic mass is 10.1. The molecule has 6 nitrogen and oxygen atoms in total. The Kier molecular flexibility index (Phi) is 4.29. The third-order valence-electron chi connectivity index (χ3n) is 3.61.